The lowest BCUT2D eigenvalue weighted by molar-refractivity contribution is -0.141. The molecule has 2 rings (SSSR count). The summed E-state index contributed by atoms with van der Waals surface area (Å²) in [6, 6.07) is 2.51. The van der Waals surface area contributed by atoms with E-state index in [1.54, 1.807) is 0 Å². The van der Waals surface area contributed by atoms with Crippen LogP contribution < -0.4 is 11.1 Å². The van der Waals surface area contributed by atoms with Gasteiger partial charge in [0.2, 0.25) is 0 Å². The number of anilines is 3. The van der Waals surface area contributed by atoms with Gasteiger partial charge in [-0.3, -0.25) is 0 Å². The van der Waals surface area contributed by atoms with Crippen LogP contribution in [0.2, 0.25) is 0 Å². The molecule has 0 radical (unpaired) electrons. The Morgan fingerprint density at radius 3 is 2.19 bits per heavy atom. The number of benzene rings is 1. The van der Waals surface area contributed by atoms with Crippen molar-refractivity contribution < 1.29 is 22.0 Å². The first-order chi connectivity index (χ1) is 9.68. The summed E-state index contributed by atoms with van der Waals surface area (Å²) >= 11 is 2.89. The van der Waals surface area contributed by atoms with Crippen LogP contribution in [0, 0.1) is 11.6 Å². The zero-order valence-electron chi connectivity index (χ0n) is 10.1. The molecule has 0 atom stereocenters. The largest absolute Gasteiger partial charge is 0.433 e. The fraction of sp³-hybridized carbons (Fsp3) is 0.0833. The van der Waals surface area contributed by atoms with E-state index >= 15 is 0 Å². The van der Waals surface area contributed by atoms with Crippen molar-refractivity contribution in [3.63, 3.8) is 0 Å². The van der Waals surface area contributed by atoms with Crippen molar-refractivity contribution in [3.8, 4) is 0 Å². The highest BCUT2D eigenvalue weighted by Gasteiger charge is 2.33. The fourth-order valence-electron chi connectivity index (χ4n) is 1.53. The van der Waals surface area contributed by atoms with Crippen LogP contribution in [-0.2, 0) is 6.18 Å². The third kappa shape index (κ3) is 3.41. The number of aromatic nitrogens is 1. The molecule has 3 N–H and O–H groups in total. The molecule has 0 aliphatic rings. The molecule has 0 spiro atoms. The van der Waals surface area contributed by atoms with Crippen molar-refractivity contribution in [1.82, 2.24) is 4.98 Å². The van der Waals surface area contributed by atoms with E-state index < -0.39 is 29.2 Å². The van der Waals surface area contributed by atoms with Gasteiger partial charge < -0.3 is 11.1 Å². The maximum atomic E-state index is 13.7. The van der Waals surface area contributed by atoms with Crippen molar-refractivity contribution in [3.05, 3.63) is 46.2 Å². The summed E-state index contributed by atoms with van der Waals surface area (Å²) in [4.78, 5) is 3.13. The fourth-order valence-corrected chi connectivity index (χ4v) is 1.93. The standard InChI is InChI=1S/C12H7BrF5N3/c13-5-1-6(14)11(7(15)2-5)21-9-3-10(12(16,17)18)20-4-8(9)19/h1-4H,19H2,(H,20,21). The summed E-state index contributed by atoms with van der Waals surface area (Å²) in [5.41, 5.74) is 3.16. The summed E-state index contributed by atoms with van der Waals surface area (Å²) in [5, 5.41) is 2.21. The normalized spacial score (nSPS) is 11.5. The maximum absolute atomic E-state index is 13.7. The van der Waals surface area contributed by atoms with Crippen molar-refractivity contribution in [2.24, 2.45) is 0 Å². The third-order valence-electron chi connectivity index (χ3n) is 2.49. The Hall–Kier alpha value is -1.90. The SMILES string of the molecule is Nc1cnc(C(F)(F)F)cc1Nc1c(F)cc(Br)cc1F. The highest BCUT2D eigenvalue weighted by Crippen LogP contribution is 2.34. The van der Waals surface area contributed by atoms with Gasteiger partial charge in [-0.25, -0.2) is 13.8 Å². The molecule has 1 aromatic carbocycles. The number of hydrogen-bond donors (Lipinski definition) is 2. The van der Waals surface area contributed by atoms with Gasteiger partial charge in [-0.2, -0.15) is 13.2 Å². The predicted octanol–water partition coefficient (Wildman–Crippen LogP) is 4.47. The van der Waals surface area contributed by atoms with E-state index in [0.717, 1.165) is 18.3 Å². The first-order valence-corrected chi connectivity index (χ1v) is 6.22. The van der Waals surface area contributed by atoms with Gasteiger partial charge in [-0.05, 0) is 18.2 Å². The minimum absolute atomic E-state index is 0.154. The van der Waals surface area contributed by atoms with Crippen LogP contribution in [0.4, 0.5) is 39.0 Å². The number of pyridine rings is 1. The minimum atomic E-state index is -4.69. The molecule has 1 heterocycles. The lowest BCUT2D eigenvalue weighted by Crippen LogP contribution is -2.10. The molecule has 0 amide bonds. The van der Waals surface area contributed by atoms with Crippen LogP contribution >= 0.6 is 15.9 Å². The summed E-state index contributed by atoms with van der Waals surface area (Å²) in [6.45, 7) is 0. The smallest absolute Gasteiger partial charge is 0.396 e. The average molecular weight is 368 g/mol. The topological polar surface area (TPSA) is 50.9 Å². The highest BCUT2D eigenvalue weighted by molar-refractivity contribution is 9.10. The summed E-state index contributed by atoms with van der Waals surface area (Å²) in [7, 11) is 0. The number of halogens is 6. The zero-order valence-corrected chi connectivity index (χ0v) is 11.7. The van der Waals surface area contributed by atoms with Gasteiger partial charge in [0, 0.05) is 4.47 Å². The van der Waals surface area contributed by atoms with Crippen LogP contribution in [0.25, 0.3) is 0 Å². The Morgan fingerprint density at radius 2 is 1.67 bits per heavy atom. The molecule has 0 unspecified atom stereocenters. The first kappa shape index (κ1) is 15.5. The summed E-state index contributed by atoms with van der Waals surface area (Å²) < 4.78 is 65.2. The number of hydrogen-bond acceptors (Lipinski definition) is 3. The predicted molar refractivity (Wildman–Crippen MR) is 71.0 cm³/mol. The summed E-state index contributed by atoms with van der Waals surface area (Å²) in [5.74, 6) is -1.96. The van der Waals surface area contributed by atoms with Gasteiger partial charge in [0.1, 0.15) is 11.4 Å². The van der Waals surface area contributed by atoms with Crippen LogP contribution in [0.3, 0.4) is 0 Å². The second-order valence-electron chi connectivity index (χ2n) is 4.02. The Morgan fingerprint density at radius 1 is 1.10 bits per heavy atom. The molecule has 3 nitrogen and oxygen atoms in total. The van der Waals surface area contributed by atoms with Gasteiger partial charge >= 0.3 is 6.18 Å². The van der Waals surface area contributed by atoms with E-state index in [-0.39, 0.29) is 15.8 Å². The second kappa shape index (κ2) is 5.47. The lowest BCUT2D eigenvalue weighted by Gasteiger charge is -2.13. The van der Waals surface area contributed by atoms with Crippen molar-refractivity contribution in [1.29, 1.82) is 0 Å². The molecule has 0 aliphatic heterocycles. The molecule has 21 heavy (non-hydrogen) atoms. The second-order valence-corrected chi connectivity index (χ2v) is 4.94. The van der Waals surface area contributed by atoms with E-state index in [9.17, 15) is 22.0 Å². The molecule has 0 bridgehead atoms. The molecule has 0 saturated heterocycles. The van der Waals surface area contributed by atoms with E-state index in [1.165, 1.54) is 0 Å². The molecule has 1 aromatic heterocycles. The van der Waals surface area contributed by atoms with E-state index in [4.69, 9.17) is 5.73 Å². The molecule has 112 valence electrons. The lowest BCUT2D eigenvalue weighted by atomic mass is 10.2. The van der Waals surface area contributed by atoms with Gasteiger partial charge in [-0.15, -0.1) is 0 Å². The van der Waals surface area contributed by atoms with Gasteiger partial charge in [0.25, 0.3) is 0 Å². The Kier molecular flexibility index (Phi) is 4.04. The van der Waals surface area contributed by atoms with Crippen LogP contribution in [0.5, 0.6) is 0 Å². The van der Waals surface area contributed by atoms with Crippen molar-refractivity contribution >= 4 is 33.0 Å². The van der Waals surface area contributed by atoms with Gasteiger partial charge in [0.05, 0.1) is 17.6 Å². The highest BCUT2D eigenvalue weighted by atomic mass is 79.9. The van der Waals surface area contributed by atoms with E-state index in [0.29, 0.717) is 6.07 Å². The molecular formula is C12H7BrF5N3. The first-order valence-electron chi connectivity index (χ1n) is 5.43. The summed E-state index contributed by atoms with van der Waals surface area (Å²) in [6.07, 6.45) is -3.93. The molecular weight excluding hydrogens is 361 g/mol. The molecule has 0 aliphatic carbocycles. The van der Waals surface area contributed by atoms with Crippen molar-refractivity contribution in [2.45, 2.75) is 6.18 Å². The van der Waals surface area contributed by atoms with Crippen LogP contribution in [0.1, 0.15) is 5.69 Å². The average Bonchev–Trinajstić information content (AvgIpc) is 2.34. The number of rotatable bonds is 2. The zero-order chi connectivity index (χ0) is 15.8. The molecule has 0 fully saturated rings. The molecule has 9 heteroatoms. The van der Waals surface area contributed by atoms with Crippen LogP contribution in [0.15, 0.2) is 28.9 Å². The number of nitrogen functional groups attached to an aromatic ring is 1. The Labute approximate surface area is 124 Å². The van der Waals surface area contributed by atoms with E-state index in [1.807, 2.05) is 0 Å². The number of nitrogens with one attached hydrogen (secondary N) is 1. The van der Waals surface area contributed by atoms with Gasteiger partial charge in [-0.1, -0.05) is 15.9 Å². The van der Waals surface area contributed by atoms with Crippen molar-refractivity contribution in [2.75, 3.05) is 11.1 Å². The number of nitrogens with two attached hydrogens (primary N) is 1. The Bertz CT molecular complexity index is 664. The number of alkyl halides is 3. The minimum Gasteiger partial charge on any atom is -0.396 e. The number of nitrogens with zero attached hydrogens (tertiary/aromatic N) is 1. The Balaban J connectivity index is 2.45. The molecule has 0 saturated carbocycles. The monoisotopic (exact) mass is 367 g/mol. The van der Waals surface area contributed by atoms with Crippen LogP contribution in [-0.4, -0.2) is 4.98 Å². The maximum Gasteiger partial charge on any atom is 0.433 e. The van der Waals surface area contributed by atoms with Gasteiger partial charge in [0.15, 0.2) is 11.6 Å². The third-order valence-corrected chi connectivity index (χ3v) is 2.95. The molecule has 2 aromatic rings. The quantitative estimate of drug-likeness (QED) is 0.770. The van der Waals surface area contributed by atoms with E-state index in [2.05, 4.69) is 26.2 Å².